The van der Waals surface area contributed by atoms with Crippen molar-refractivity contribution in [3.05, 3.63) is 23.8 Å². The maximum absolute atomic E-state index is 5.46. The predicted molar refractivity (Wildman–Crippen MR) is 58.3 cm³/mol. The van der Waals surface area contributed by atoms with Gasteiger partial charge < -0.3 is 9.47 Å². The number of allylic oxidation sites excluding steroid dienone is 3. The second kappa shape index (κ2) is 4.76. The van der Waals surface area contributed by atoms with E-state index in [0.29, 0.717) is 6.61 Å². The molecule has 0 fully saturated rings. The molecule has 0 aliphatic heterocycles. The van der Waals surface area contributed by atoms with Gasteiger partial charge in [-0.1, -0.05) is 30.7 Å². The van der Waals surface area contributed by atoms with E-state index < -0.39 is 0 Å². The van der Waals surface area contributed by atoms with E-state index in [-0.39, 0.29) is 11.5 Å². The molecule has 14 heavy (non-hydrogen) atoms. The van der Waals surface area contributed by atoms with Crippen LogP contribution in [0.4, 0.5) is 0 Å². The molecule has 1 aliphatic carbocycles. The zero-order chi connectivity index (χ0) is 10.6. The standard InChI is InChI=1S/C12H20O2/c1-10-5-7-12(2,8-6-10)11(14-4)9-13-3/h5-7,11H,8-9H2,1-4H3. The molecule has 80 valence electrons. The summed E-state index contributed by atoms with van der Waals surface area (Å²) in [5.41, 5.74) is 1.40. The highest BCUT2D eigenvalue weighted by molar-refractivity contribution is 5.25. The average molecular weight is 196 g/mol. The molecular formula is C12H20O2. The van der Waals surface area contributed by atoms with Crippen LogP contribution < -0.4 is 0 Å². The Labute approximate surface area is 86.6 Å². The maximum atomic E-state index is 5.46. The molecule has 0 amide bonds. The molecule has 0 aromatic carbocycles. The number of rotatable bonds is 4. The first kappa shape index (κ1) is 11.5. The molecule has 1 rings (SSSR count). The molecule has 2 nitrogen and oxygen atoms in total. The summed E-state index contributed by atoms with van der Waals surface area (Å²) >= 11 is 0. The van der Waals surface area contributed by atoms with Gasteiger partial charge in [-0.2, -0.15) is 0 Å². The van der Waals surface area contributed by atoms with Crippen LogP contribution in [0.1, 0.15) is 20.3 Å². The van der Waals surface area contributed by atoms with E-state index in [9.17, 15) is 0 Å². The summed E-state index contributed by atoms with van der Waals surface area (Å²) in [4.78, 5) is 0. The molecule has 0 aromatic rings. The van der Waals surface area contributed by atoms with Crippen molar-refractivity contribution in [2.45, 2.75) is 26.4 Å². The van der Waals surface area contributed by atoms with Gasteiger partial charge in [-0.3, -0.25) is 0 Å². The third-order valence-corrected chi connectivity index (χ3v) is 2.93. The van der Waals surface area contributed by atoms with Gasteiger partial charge in [0.05, 0.1) is 12.7 Å². The van der Waals surface area contributed by atoms with E-state index in [1.807, 2.05) is 0 Å². The molecule has 2 atom stereocenters. The quantitative estimate of drug-likeness (QED) is 0.688. The van der Waals surface area contributed by atoms with Crippen molar-refractivity contribution in [1.82, 2.24) is 0 Å². The van der Waals surface area contributed by atoms with Crippen molar-refractivity contribution < 1.29 is 9.47 Å². The lowest BCUT2D eigenvalue weighted by molar-refractivity contribution is -0.0298. The van der Waals surface area contributed by atoms with Gasteiger partial charge in [-0.05, 0) is 13.3 Å². The largest absolute Gasteiger partial charge is 0.382 e. The van der Waals surface area contributed by atoms with Crippen LogP contribution in [0.25, 0.3) is 0 Å². The predicted octanol–water partition coefficient (Wildman–Crippen LogP) is 2.56. The minimum absolute atomic E-state index is 0.0737. The molecule has 1 aliphatic rings. The van der Waals surface area contributed by atoms with Crippen LogP contribution >= 0.6 is 0 Å². The molecule has 0 radical (unpaired) electrons. The lowest BCUT2D eigenvalue weighted by Gasteiger charge is -2.34. The molecule has 0 aromatic heterocycles. The number of methoxy groups -OCH3 is 2. The van der Waals surface area contributed by atoms with E-state index in [1.165, 1.54) is 5.57 Å². The van der Waals surface area contributed by atoms with Crippen LogP contribution in [0.15, 0.2) is 23.8 Å². The Morgan fingerprint density at radius 2 is 2.21 bits per heavy atom. The van der Waals surface area contributed by atoms with E-state index in [1.54, 1.807) is 14.2 Å². The van der Waals surface area contributed by atoms with Gasteiger partial charge in [0.25, 0.3) is 0 Å². The van der Waals surface area contributed by atoms with Gasteiger partial charge in [0.1, 0.15) is 0 Å². The first-order chi connectivity index (χ1) is 6.62. The van der Waals surface area contributed by atoms with Crippen LogP contribution in [0.3, 0.4) is 0 Å². The number of hydrogen-bond donors (Lipinski definition) is 0. The maximum Gasteiger partial charge on any atom is 0.0895 e. The summed E-state index contributed by atoms with van der Waals surface area (Å²) in [5, 5.41) is 0. The van der Waals surface area contributed by atoms with Gasteiger partial charge in [0, 0.05) is 19.6 Å². The number of ether oxygens (including phenoxy) is 2. The Bertz CT molecular complexity index is 243. The molecule has 0 N–H and O–H groups in total. The Kier molecular flexibility index (Phi) is 3.90. The van der Waals surface area contributed by atoms with E-state index in [4.69, 9.17) is 9.47 Å². The monoisotopic (exact) mass is 196 g/mol. The van der Waals surface area contributed by atoms with Crippen molar-refractivity contribution in [1.29, 1.82) is 0 Å². The average Bonchev–Trinajstić information content (AvgIpc) is 2.19. The third kappa shape index (κ3) is 2.46. The van der Waals surface area contributed by atoms with Gasteiger partial charge >= 0.3 is 0 Å². The second-order valence-corrected chi connectivity index (χ2v) is 4.17. The third-order valence-electron chi connectivity index (χ3n) is 2.93. The van der Waals surface area contributed by atoms with Crippen molar-refractivity contribution in [3.8, 4) is 0 Å². The second-order valence-electron chi connectivity index (χ2n) is 4.17. The summed E-state index contributed by atoms with van der Waals surface area (Å²) in [5.74, 6) is 0. The normalized spacial score (nSPS) is 28.7. The smallest absolute Gasteiger partial charge is 0.0895 e. The van der Waals surface area contributed by atoms with Crippen LogP contribution in [0.2, 0.25) is 0 Å². The Hall–Kier alpha value is -0.600. The van der Waals surface area contributed by atoms with Crippen LogP contribution in [-0.4, -0.2) is 26.9 Å². The minimum Gasteiger partial charge on any atom is -0.382 e. The molecule has 0 bridgehead atoms. The molecule has 2 heteroatoms. The van der Waals surface area contributed by atoms with Gasteiger partial charge in [-0.25, -0.2) is 0 Å². The minimum atomic E-state index is 0.0737. The summed E-state index contributed by atoms with van der Waals surface area (Å²) in [6.07, 6.45) is 7.80. The van der Waals surface area contributed by atoms with Crippen molar-refractivity contribution in [2.75, 3.05) is 20.8 Å². The highest BCUT2D eigenvalue weighted by Crippen LogP contribution is 2.34. The fourth-order valence-corrected chi connectivity index (χ4v) is 1.76. The summed E-state index contributed by atoms with van der Waals surface area (Å²) < 4.78 is 10.6. The fourth-order valence-electron chi connectivity index (χ4n) is 1.76. The molecule has 0 heterocycles. The summed E-state index contributed by atoms with van der Waals surface area (Å²) in [6.45, 7) is 4.97. The van der Waals surface area contributed by atoms with Gasteiger partial charge in [0.15, 0.2) is 0 Å². The topological polar surface area (TPSA) is 18.5 Å². The molecular weight excluding hydrogens is 176 g/mol. The van der Waals surface area contributed by atoms with Gasteiger partial charge in [-0.15, -0.1) is 0 Å². The SMILES string of the molecule is COCC(OC)C1(C)C=CC(C)=CC1. The zero-order valence-electron chi connectivity index (χ0n) is 9.54. The Morgan fingerprint density at radius 3 is 2.64 bits per heavy atom. The first-order valence-electron chi connectivity index (χ1n) is 5.00. The van der Waals surface area contributed by atoms with Crippen molar-refractivity contribution in [2.24, 2.45) is 5.41 Å². The summed E-state index contributed by atoms with van der Waals surface area (Å²) in [7, 11) is 3.46. The molecule has 2 unspecified atom stereocenters. The summed E-state index contributed by atoms with van der Waals surface area (Å²) in [6, 6.07) is 0. The zero-order valence-corrected chi connectivity index (χ0v) is 9.54. The highest BCUT2D eigenvalue weighted by Gasteiger charge is 2.32. The van der Waals surface area contributed by atoms with Crippen LogP contribution in [0.5, 0.6) is 0 Å². The number of hydrogen-bond acceptors (Lipinski definition) is 2. The first-order valence-corrected chi connectivity index (χ1v) is 5.00. The molecule has 0 spiro atoms. The van der Waals surface area contributed by atoms with E-state index in [2.05, 4.69) is 32.1 Å². The van der Waals surface area contributed by atoms with E-state index in [0.717, 1.165) is 6.42 Å². The van der Waals surface area contributed by atoms with Crippen LogP contribution in [-0.2, 0) is 9.47 Å². The molecule has 0 saturated heterocycles. The van der Waals surface area contributed by atoms with E-state index >= 15 is 0 Å². The Balaban J connectivity index is 2.70. The van der Waals surface area contributed by atoms with Gasteiger partial charge in [0.2, 0.25) is 0 Å². The van der Waals surface area contributed by atoms with Crippen molar-refractivity contribution in [3.63, 3.8) is 0 Å². The molecule has 0 saturated carbocycles. The lowest BCUT2D eigenvalue weighted by Crippen LogP contribution is -2.36. The highest BCUT2D eigenvalue weighted by atomic mass is 16.5. The lowest BCUT2D eigenvalue weighted by atomic mass is 9.77. The fraction of sp³-hybridized carbons (Fsp3) is 0.667. The Morgan fingerprint density at radius 1 is 1.50 bits per heavy atom. The van der Waals surface area contributed by atoms with Crippen molar-refractivity contribution >= 4 is 0 Å². The van der Waals surface area contributed by atoms with Crippen LogP contribution in [0, 0.1) is 5.41 Å².